The lowest BCUT2D eigenvalue weighted by Gasteiger charge is -2.08. The van der Waals surface area contributed by atoms with Gasteiger partial charge in [0.25, 0.3) is 0 Å². The normalized spacial score (nSPS) is 9.36. The van der Waals surface area contributed by atoms with Gasteiger partial charge >= 0.3 is 0 Å². The standard InChI is InChI=1S/C9H13N.CH3/c1-10(2)8-9-6-4-3-5-7-9;/h3-7H,8H2,1-2H3;1H3. The fourth-order valence-electron chi connectivity index (χ4n) is 0.949. The van der Waals surface area contributed by atoms with E-state index >= 15 is 0 Å². The molecule has 1 rings (SSSR count). The molecule has 1 radical (unpaired) electrons. The van der Waals surface area contributed by atoms with Gasteiger partial charge in [-0.1, -0.05) is 37.8 Å². The van der Waals surface area contributed by atoms with Gasteiger partial charge < -0.3 is 4.90 Å². The zero-order valence-corrected chi connectivity index (χ0v) is 7.54. The van der Waals surface area contributed by atoms with Gasteiger partial charge in [0, 0.05) is 6.54 Å². The van der Waals surface area contributed by atoms with Crippen LogP contribution in [0.4, 0.5) is 0 Å². The largest absolute Gasteiger partial charge is 0.305 e. The molecule has 0 N–H and O–H groups in total. The molecule has 1 aromatic rings. The highest BCUT2D eigenvalue weighted by Crippen LogP contribution is 1.99. The van der Waals surface area contributed by atoms with E-state index < -0.39 is 0 Å². The summed E-state index contributed by atoms with van der Waals surface area (Å²) in [6.45, 7) is 1.03. The van der Waals surface area contributed by atoms with E-state index in [1.807, 2.05) is 6.07 Å². The summed E-state index contributed by atoms with van der Waals surface area (Å²) in [7, 11) is 4.15. The van der Waals surface area contributed by atoms with Gasteiger partial charge in [0.2, 0.25) is 0 Å². The molecule has 0 unspecified atom stereocenters. The van der Waals surface area contributed by atoms with Crippen LogP contribution in [0.5, 0.6) is 0 Å². The summed E-state index contributed by atoms with van der Waals surface area (Å²) in [4.78, 5) is 2.16. The van der Waals surface area contributed by atoms with E-state index in [0.29, 0.717) is 0 Å². The van der Waals surface area contributed by atoms with Crippen LogP contribution in [0.2, 0.25) is 0 Å². The second-order valence-electron chi connectivity index (χ2n) is 2.72. The average Bonchev–Trinajstić information content (AvgIpc) is 1.88. The van der Waals surface area contributed by atoms with Crippen LogP contribution in [0, 0.1) is 7.43 Å². The van der Waals surface area contributed by atoms with Crippen molar-refractivity contribution in [3.05, 3.63) is 43.3 Å². The fourth-order valence-corrected chi connectivity index (χ4v) is 0.949. The molecule has 11 heavy (non-hydrogen) atoms. The Morgan fingerprint density at radius 2 is 1.64 bits per heavy atom. The molecular weight excluding hydrogens is 134 g/mol. The van der Waals surface area contributed by atoms with Crippen LogP contribution < -0.4 is 0 Å². The maximum Gasteiger partial charge on any atom is 0.0227 e. The molecule has 1 nitrogen and oxygen atoms in total. The van der Waals surface area contributed by atoms with E-state index in [2.05, 4.69) is 43.3 Å². The van der Waals surface area contributed by atoms with E-state index in [1.54, 1.807) is 0 Å². The molecule has 0 amide bonds. The Morgan fingerprint density at radius 1 is 1.09 bits per heavy atom. The first-order chi connectivity index (χ1) is 4.79. The Balaban J connectivity index is 0.000001000. The predicted molar refractivity (Wildman–Crippen MR) is 50.2 cm³/mol. The van der Waals surface area contributed by atoms with E-state index in [-0.39, 0.29) is 7.43 Å². The molecule has 0 aliphatic carbocycles. The van der Waals surface area contributed by atoms with Crippen molar-refractivity contribution in [3.8, 4) is 0 Å². The van der Waals surface area contributed by atoms with Crippen molar-refractivity contribution in [2.45, 2.75) is 6.54 Å². The number of benzene rings is 1. The molecule has 0 heterocycles. The van der Waals surface area contributed by atoms with E-state index in [9.17, 15) is 0 Å². The SMILES string of the molecule is CN(C)Cc1ccccc1.[CH3]. The molecule has 0 aliphatic heterocycles. The molecule has 0 saturated carbocycles. The Hall–Kier alpha value is -0.820. The third-order valence-electron chi connectivity index (χ3n) is 1.34. The monoisotopic (exact) mass is 150 g/mol. The lowest BCUT2D eigenvalue weighted by molar-refractivity contribution is 0.402. The minimum atomic E-state index is 0. The van der Waals surface area contributed by atoms with Gasteiger partial charge in [-0.05, 0) is 19.7 Å². The zero-order valence-electron chi connectivity index (χ0n) is 7.54. The summed E-state index contributed by atoms with van der Waals surface area (Å²) in [5, 5.41) is 0. The van der Waals surface area contributed by atoms with Crippen LogP contribution in [-0.4, -0.2) is 19.0 Å². The molecule has 0 atom stereocenters. The Morgan fingerprint density at radius 3 is 2.09 bits per heavy atom. The molecule has 61 valence electrons. The van der Waals surface area contributed by atoms with Crippen LogP contribution in [-0.2, 0) is 6.54 Å². The minimum absolute atomic E-state index is 0. The van der Waals surface area contributed by atoms with Crippen molar-refractivity contribution < 1.29 is 0 Å². The maximum absolute atomic E-state index is 2.16. The van der Waals surface area contributed by atoms with Crippen LogP contribution in [0.25, 0.3) is 0 Å². The Labute approximate surface area is 69.7 Å². The third kappa shape index (κ3) is 3.79. The predicted octanol–water partition coefficient (Wildman–Crippen LogP) is 2.20. The highest BCUT2D eigenvalue weighted by molar-refractivity contribution is 5.14. The molecule has 0 bridgehead atoms. The van der Waals surface area contributed by atoms with Crippen molar-refractivity contribution >= 4 is 0 Å². The molecule has 1 aromatic carbocycles. The molecule has 0 fully saturated rings. The molecule has 0 saturated heterocycles. The lowest BCUT2D eigenvalue weighted by Crippen LogP contribution is -2.10. The fraction of sp³-hybridized carbons (Fsp3) is 0.300. The van der Waals surface area contributed by atoms with Gasteiger partial charge in [0.05, 0.1) is 0 Å². The van der Waals surface area contributed by atoms with Gasteiger partial charge in [-0.25, -0.2) is 0 Å². The van der Waals surface area contributed by atoms with Gasteiger partial charge in [-0.3, -0.25) is 0 Å². The number of rotatable bonds is 2. The van der Waals surface area contributed by atoms with Gasteiger partial charge in [-0.15, -0.1) is 0 Å². The van der Waals surface area contributed by atoms with Crippen molar-refractivity contribution in [3.63, 3.8) is 0 Å². The van der Waals surface area contributed by atoms with Crippen molar-refractivity contribution in [1.82, 2.24) is 4.90 Å². The van der Waals surface area contributed by atoms with Crippen LogP contribution in [0.1, 0.15) is 5.56 Å². The summed E-state index contributed by atoms with van der Waals surface area (Å²) >= 11 is 0. The van der Waals surface area contributed by atoms with Crippen LogP contribution in [0.3, 0.4) is 0 Å². The maximum atomic E-state index is 2.16. The minimum Gasteiger partial charge on any atom is -0.305 e. The van der Waals surface area contributed by atoms with Gasteiger partial charge in [-0.2, -0.15) is 0 Å². The van der Waals surface area contributed by atoms with E-state index in [1.165, 1.54) is 5.56 Å². The first kappa shape index (κ1) is 10.2. The number of hydrogen-bond acceptors (Lipinski definition) is 1. The first-order valence-corrected chi connectivity index (χ1v) is 3.47. The van der Waals surface area contributed by atoms with Gasteiger partial charge in [0.15, 0.2) is 0 Å². The number of hydrogen-bond donors (Lipinski definition) is 0. The summed E-state index contributed by atoms with van der Waals surface area (Å²) in [5.74, 6) is 0. The average molecular weight is 150 g/mol. The Bertz CT molecular complexity index is 179. The second kappa shape index (κ2) is 4.91. The summed E-state index contributed by atoms with van der Waals surface area (Å²) in [6.07, 6.45) is 0. The van der Waals surface area contributed by atoms with Crippen molar-refractivity contribution in [2.75, 3.05) is 14.1 Å². The van der Waals surface area contributed by atoms with Crippen molar-refractivity contribution in [2.24, 2.45) is 0 Å². The third-order valence-corrected chi connectivity index (χ3v) is 1.34. The molecule has 1 heteroatoms. The van der Waals surface area contributed by atoms with Crippen LogP contribution >= 0.6 is 0 Å². The molecular formula is C10H16N. The Kier molecular flexibility index (Phi) is 4.55. The highest BCUT2D eigenvalue weighted by atomic mass is 15.0. The zero-order chi connectivity index (χ0) is 7.40. The molecule has 0 aromatic heterocycles. The summed E-state index contributed by atoms with van der Waals surface area (Å²) in [6, 6.07) is 10.5. The quantitative estimate of drug-likeness (QED) is 0.624. The topological polar surface area (TPSA) is 3.24 Å². The second-order valence-corrected chi connectivity index (χ2v) is 2.72. The summed E-state index contributed by atoms with van der Waals surface area (Å²) in [5.41, 5.74) is 1.37. The highest BCUT2D eigenvalue weighted by Gasteiger charge is 1.90. The van der Waals surface area contributed by atoms with E-state index in [0.717, 1.165) is 6.54 Å². The van der Waals surface area contributed by atoms with Gasteiger partial charge in [0.1, 0.15) is 0 Å². The lowest BCUT2D eigenvalue weighted by atomic mass is 10.2. The number of nitrogens with zero attached hydrogens (tertiary/aromatic N) is 1. The van der Waals surface area contributed by atoms with E-state index in [4.69, 9.17) is 0 Å². The molecule has 0 aliphatic rings. The van der Waals surface area contributed by atoms with Crippen LogP contribution in [0.15, 0.2) is 30.3 Å². The molecule has 0 spiro atoms. The first-order valence-electron chi connectivity index (χ1n) is 3.47. The smallest absolute Gasteiger partial charge is 0.0227 e. The summed E-state index contributed by atoms with van der Waals surface area (Å²) < 4.78 is 0. The van der Waals surface area contributed by atoms with Crippen molar-refractivity contribution in [1.29, 1.82) is 0 Å².